The number of nitrogens with zero attached hydrogens (tertiary/aromatic N) is 1. The summed E-state index contributed by atoms with van der Waals surface area (Å²) in [5, 5.41) is 11.3. The van der Waals surface area contributed by atoms with Crippen LogP contribution in [0, 0.1) is 11.3 Å². The van der Waals surface area contributed by atoms with E-state index < -0.39 is 77.3 Å². The number of amides is 5. The number of urea groups is 1. The van der Waals surface area contributed by atoms with Crippen molar-refractivity contribution >= 4 is 62.9 Å². The van der Waals surface area contributed by atoms with Crippen LogP contribution in [-0.2, 0) is 29.0 Å². The summed E-state index contributed by atoms with van der Waals surface area (Å²) in [5.74, 6) is -0.602. The summed E-state index contributed by atoms with van der Waals surface area (Å²) in [5.41, 5.74) is -1.74. The Morgan fingerprint density at radius 3 is 2.12 bits per heavy atom. The molecule has 2 aliphatic heterocycles. The Kier molecular flexibility index (Phi) is 13.3. The van der Waals surface area contributed by atoms with E-state index in [0.717, 1.165) is 50.0 Å². The molecule has 2 saturated carbocycles. The largest absolute Gasteiger partial charge is 0.346 e. The van der Waals surface area contributed by atoms with Gasteiger partial charge in [-0.05, 0) is 69.3 Å². The first-order valence-electron chi connectivity index (χ1n) is 18.3. The molecule has 0 aromatic carbocycles. The van der Waals surface area contributed by atoms with Crippen LogP contribution in [-0.4, -0.2) is 106 Å². The van der Waals surface area contributed by atoms with Crippen LogP contribution >= 0.6 is 23.5 Å². The number of likely N-dealkylation sites (tertiary alicyclic amines) is 1. The van der Waals surface area contributed by atoms with E-state index in [2.05, 4.69) is 27.8 Å². The zero-order chi connectivity index (χ0) is 37.8. The molecule has 2 aliphatic carbocycles. The summed E-state index contributed by atoms with van der Waals surface area (Å²) >= 11 is 3.46. The first-order chi connectivity index (χ1) is 23.7. The van der Waals surface area contributed by atoms with Gasteiger partial charge >= 0.3 is 6.03 Å². The summed E-state index contributed by atoms with van der Waals surface area (Å²) in [6, 6.07) is -3.60. The number of Topliss-reactive ketones (excluding diaryl/α,β-unsaturated/α-hetero) is 1. The molecule has 0 aromatic rings. The predicted molar refractivity (Wildman–Crippen MR) is 204 cm³/mol. The molecule has 0 unspecified atom stereocenters. The molecule has 15 heteroatoms. The topological polar surface area (TPSA) is 171 Å². The van der Waals surface area contributed by atoms with Crippen molar-refractivity contribution in [3.8, 4) is 0 Å². The highest BCUT2D eigenvalue weighted by molar-refractivity contribution is 8.18. The highest BCUT2D eigenvalue weighted by atomic mass is 32.2. The van der Waals surface area contributed by atoms with E-state index in [9.17, 15) is 32.4 Å². The van der Waals surface area contributed by atoms with E-state index in [-0.39, 0.29) is 24.8 Å². The molecule has 3 atom stereocenters. The van der Waals surface area contributed by atoms with Crippen LogP contribution in [0.4, 0.5) is 4.79 Å². The minimum absolute atomic E-state index is 0.124. The lowest BCUT2D eigenvalue weighted by Crippen LogP contribution is -2.63. The second-order valence-corrected chi connectivity index (χ2v) is 22.8. The van der Waals surface area contributed by atoms with Crippen molar-refractivity contribution in [2.24, 2.45) is 11.3 Å². The summed E-state index contributed by atoms with van der Waals surface area (Å²) in [4.78, 5) is 70.1. The van der Waals surface area contributed by atoms with Crippen molar-refractivity contribution < 1.29 is 32.4 Å². The van der Waals surface area contributed by atoms with Gasteiger partial charge in [0.2, 0.25) is 17.6 Å². The average molecular weight is 770 g/mol. The molecule has 4 N–H and O–H groups in total. The molecule has 4 fully saturated rings. The molecule has 0 radical (unpaired) electrons. The second-order valence-electron chi connectivity index (χ2n) is 16.9. The first kappa shape index (κ1) is 41.5. The number of hydrogen-bond acceptors (Lipinski definition) is 9. The highest BCUT2D eigenvalue weighted by Gasteiger charge is 2.53. The summed E-state index contributed by atoms with van der Waals surface area (Å²) in [6.07, 6.45) is 8.58. The Morgan fingerprint density at radius 2 is 1.57 bits per heavy atom. The molecule has 1 spiro atoms. The number of hydrogen-bond donors (Lipinski definition) is 4. The fourth-order valence-electron chi connectivity index (χ4n) is 7.06. The molecule has 2 heterocycles. The minimum atomic E-state index is -3.57. The van der Waals surface area contributed by atoms with Gasteiger partial charge in [-0.25, -0.2) is 13.2 Å². The molecule has 12 nitrogen and oxygen atoms in total. The van der Waals surface area contributed by atoms with E-state index in [1.807, 2.05) is 20.8 Å². The van der Waals surface area contributed by atoms with Gasteiger partial charge < -0.3 is 26.2 Å². The van der Waals surface area contributed by atoms with Crippen LogP contribution in [0.25, 0.3) is 0 Å². The Bertz CT molecular complexity index is 1440. The SMILES string of the molecule is C=CCNC(=O)C(=O)[C@@H](CC1CC1)NC(=O)[C@@H]1CC2(CN1C(=O)[C@@H](NC(=O)NC1(CS(=O)(=O)C(C)(C)C)CCCCC1)C(C)(C)C)SCCCS2. The summed E-state index contributed by atoms with van der Waals surface area (Å²) in [6.45, 7) is 14.5. The van der Waals surface area contributed by atoms with Gasteiger partial charge in [-0.15, -0.1) is 30.1 Å². The van der Waals surface area contributed by atoms with Crippen LogP contribution in [0.1, 0.15) is 106 Å². The number of sulfone groups is 1. The molecule has 5 amide bonds. The molecule has 4 rings (SSSR count). The molecule has 0 aromatic heterocycles. The quantitative estimate of drug-likeness (QED) is 0.160. The second kappa shape index (κ2) is 16.4. The van der Waals surface area contributed by atoms with E-state index in [0.29, 0.717) is 25.7 Å². The summed E-state index contributed by atoms with van der Waals surface area (Å²) in [7, 11) is -3.57. The van der Waals surface area contributed by atoms with Gasteiger partial charge in [-0.2, -0.15) is 0 Å². The monoisotopic (exact) mass is 769 g/mol. The highest BCUT2D eigenvalue weighted by Crippen LogP contribution is 2.51. The van der Waals surface area contributed by atoms with Gasteiger partial charge in [0.25, 0.3) is 5.91 Å². The van der Waals surface area contributed by atoms with Crippen LogP contribution in [0.5, 0.6) is 0 Å². The number of rotatable bonds is 13. The van der Waals surface area contributed by atoms with E-state index in [1.54, 1.807) is 49.2 Å². The van der Waals surface area contributed by atoms with Crippen LogP contribution < -0.4 is 21.3 Å². The van der Waals surface area contributed by atoms with Crippen LogP contribution in [0.3, 0.4) is 0 Å². The molecule has 2 saturated heterocycles. The standard InChI is InChI=1S/C36H59N5O7S3/c1-8-17-37-30(44)27(42)25(20-24-13-14-24)38-29(43)26-21-36(49-18-12-19-50-36)22-41(26)31(45)28(33(2,3)4)39-32(46)40-35(15-10-9-11-16-35)23-51(47,48)34(5,6)7/h8,24-26,28H,1,9-23H2,2-7H3,(H,37,44)(H,38,43)(H2,39,40,46)/t25-,26+,28-/m1/s1. The molecule has 4 aliphatic rings. The number of carbonyl (C=O) groups excluding carboxylic acids is 5. The zero-order valence-corrected chi connectivity index (χ0v) is 33.7. The van der Waals surface area contributed by atoms with Crippen molar-refractivity contribution in [2.75, 3.05) is 30.3 Å². The van der Waals surface area contributed by atoms with Gasteiger partial charge in [0.1, 0.15) is 12.1 Å². The van der Waals surface area contributed by atoms with Crippen molar-refractivity contribution in [3.05, 3.63) is 12.7 Å². The van der Waals surface area contributed by atoms with Gasteiger partial charge in [0.15, 0.2) is 9.84 Å². The van der Waals surface area contributed by atoms with Crippen molar-refractivity contribution in [1.29, 1.82) is 0 Å². The maximum Gasteiger partial charge on any atom is 0.315 e. The lowest BCUT2D eigenvalue weighted by Gasteiger charge is -2.41. The number of nitrogens with one attached hydrogen (secondary N) is 4. The lowest BCUT2D eigenvalue weighted by atomic mass is 9.83. The Morgan fingerprint density at radius 1 is 0.941 bits per heavy atom. The van der Waals surface area contributed by atoms with Crippen molar-refractivity contribution in [3.63, 3.8) is 0 Å². The van der Waals surface area contributed by atoms with E-state index in [4.69, 9.17) is 0 Å². The Hall–Kier alpha value is -2.26. The predicted octanol–water partition coefficient (Wildman–Crippen LogP) is 3.94. The first-order valence-corrected chi connectivity index (χ1v) is 22.0. The lowest BCUT2D eigenvalue weighted by molar-refractivity contribution is -0.143. The maximum absolute atomic E-state index is 14.7. The third-order valence-corrected chi connectivity index (χ3v) is 16.5. The molecule has 0 bridgehead atoms. The molecular formula is C36H59N5O7S3. The molecule has 288 valence electrons. The summed E-state index contributed by atoms with van der Waals surface area (Å²) < 4.78 is 25.3. The zero-order valence-electron chi connectivity index (χ0n) is 31.2. The van der Waals surface area contributed by atoms with Crippen molar-refractivity contribution in [1.82, 2.24) is 26.2 Å². The third kappa shape index (κ3) is 10.7. The Balaban J connectivity index is 1.58. The van der Waals surface area contributed by atoms with Crippen LogP contribution in [0.15, 0.2) is 12.7 Å². The fourth-order valence-corrected chi connectivity index (χ4v) is 11.9. The number of thioether (sulfide) groups is 2. The third-order valence-electron chi connectivity index (χ3n) is 10.4. The van der Waals surface area contributed by atoms with Gasteiger partial charge in [-0.1, -0.05) is 59.0 Å². The van der Waals surface area contributed by atoms with Crippen molar-refractivity contribution in [2.45, 2.75) is 138 Å². The molecule has 51 heavy (non-hydrogen) atoms. The number of carbonyl (C=O) groups is 5. The van der Waals surface area contributed by atoms with E-state index >= 15 is 0 Å². The smallest absolute Gasteiger partial charge is 0.315 e. The average Bonchev–Trinajstić information content (AvgIpc) is 3.79. The van der Waals surface area contributed by atoms with Gasteiger partial charge in [-0.3, -0.25) is 19.2 Å². The normalized spacial score (nSPS) is 23.1. The van der Waals surface area contributed by atoms with Crippen LogP contribution in [0.2, 0.25) is 0 Å². The fraction of sp³-hybridized carbons (Fsp3) is 0.806. The maximum atomic E-state index is 14.7. The Labute approximate surface area is 312 Å². The van der Waals surface area contributed by atoms with E-state index in [1.165, 1.54) is 6.08 Å². The van der Waals surface area contributed by atoms with Gasteiger partial charge in [0.05, 0.1) is 26.2 Å². The van der Waals surface area contributed by atoms with Gasteiger partial charge in [0, 0.05) is 19.5 Å². The molecular weight excluding hydrogens is 711 g/mol. The minimum Gasteiger partial charge on any atom is -0.346 e. The number of ketones is 1.